The van der Waals surface area contributed by atoms with Gasteiger partial charge in [0.05, 0.1) is 0 Å². The van der Waals surface area contributed by atoms with E-state index < -0.39 is 44.3 Å². The number of fused-ring (bicyclic) bond motifs is 2. The van der Waals surface area contributed by atoms with Crippen molar-refractivity contribution in [3.8, 4) is 0 Å². The number of hydrogen-bond acceptors (Lipinski definition) is 14. The lowest BCUT2D eigenvalue weighted by Gasteiger charge is -2.17. The Morgan fingerprint density at radius 1 is 0.609 bits per heavy atom. The number of rotatable bonds is 13. The third-order valence-electron chi connectivity index (χ3n) is 6.79. The quantitative estimate of drug-likeness (QED) is 0.117. The smallest absolute Gasteiger partial charge is 0.342 e. The second-order valence-electron chi connectivity index (χ2n) is 10.5. The maximum Gasteiger partial charge on any atom is 0.342 e. The molecule has 0 amide bonds. The Kier molecular flexibility index (Phi) is 11.1. The topological polar surface area (TPSA) is 179 Å². The Morgan fingerprint density at radius 3 is 1.28 bits per heavy atom. The maximum atomic E-state index is 13.0. The Morgan fingerprint density at radius 2 is 0.935 bits per heavy atom. The van der Waals surface area contributed by atoms with Gasteiger partial charge in [-0.15, -0.1) is 0 Å². The highest BCUT2D eigenvalue weighted by atomic mass is 33.1. The van der Waals surface area contributed by atoms with E-state index in [2.05, 4.69) is 0 Å². The Labute approximate surface area is 276 Å². The van der Waals surface area contributed by atoms with E-state index in [-0.39, 0.29) is 21.3 Å². The van der Waals surface area contributed by atoms with Crippen molar-refractivity contribution < 1.29 is 34.8 Å². The molecule has 0 aliphatic rings. The second kappa shape index (κ2) is 14.5. The lowest BCUT2D eigenvalue weighted by Crippen LogP contribution is -2.37. The molecule has 0 spiro atoms. The van der Waals surface area contributed by atoms with Crippen LogP contribution in [0.2, 0.25) is 0 Å². The third-order valence-corrected chi connectivity index (χ3v) is 11.8. The van der Waals surface area contributed by atoms with Crippen molar-refractivity contribution in [3.63, 3.8) is 0 Å². The molecule has 0 bridgehead atoms. The standard InChI is InChI=1S/C30H34N4O8S4/c1-33(2)25-13-5-11-21-19(25)9-7-15-27(21)45(37,38)41-29(35)23(31)17-43-44-18-24(32)30(36)42-46(39,40)28-16-8-10-20-22(28)12-6-14-26(20)34(3)4/h5-16,23-24H,17-18,31-32H2,1-4H3/t23-,24-/m0/s1. The molecule has 0 unspecified atom stereocenters. The van der Waals surface area contributed by atoms with Gasteiger partial charge in [-0.2, -0.15) is 16.8 Å². The Bertz CT molecular complexity index is 1840. The van der Waals surface area contributed by atoms with Crippen LogP contribution in [0.1, 0.15) is 0 Å². The van der Waals surface area contributed by atoms with Gasteiger partial charge in [0.1, 0.15) is 21.9 Å². The molecule has 4 aromatic carbocycles. The summed E-state index contributed by atoms with van der Waals surface area (Å²) in [5.74, 6) is -2.47. The second-order valence-corrected chi connectivity index (χ2v) is 16.1. The molecule has 246 valence electrons. The van der Waals surface area contributed by atoms with Crippen LogP contribution < -0.4 is 21.3 Å². The van der Waals surface area contributed by atoms with E-state index in [9.17, 15) is 26.4 Å². The van der Waals surface area contributed by atoms with Gasteiger partial charge in [0.25, 0.3) is 0 Å². The van der Waals surface area contributed by atoms with Gasteiger partial charge in [-0.3, -0.25) is 0 Å². The molecular formula is C30H34N4O8S4. The minimum atomic E-state index is -4.49. The van der Waals surface area contributed by atoms with Gasteiger partial charge in [-0.25, -0.2) is 9.59 Å². The minimum Gasteiger partial charge on any atom is -0.377 e. The van der Waals surface area contributed by atoms with Crippen LogP contribution in [-0.4, -0.2) is 80.6 Å². The molecule has 0 heterocycles. The zero-order valence-electron chi connectivity index (χ0n) is 25.4. The summed E-state index contributed by atoms with van der Waals surface area (Å²) in [7, 11) is 0.394. The molecule has 2 atom stereocenters. The van der Waals surface area contributed by atoms with Gasteiger partial charge in [0.2, 0.25) is 0 Å². The van der Waals surface area contributed by atoms with Gasteiger partial charge in [-0.1, -0.05) is 70.1 Å². The number of hydrogen-bond donors (Lipinski definition) is 2. The normalized spacial score (nSPS) is 13.3. The van der Waals surface area contributed by atoms with Crippen molar-refractivity contribution in [3.05, 3.63) is 72.8 Å². The largest absolute Gasteiger partial charge is 0.377 e. The van der Waals surface area contributed by atoms with Crippen LogP contribution in [0.5, 0.6) is 0 Å². The van der Waals surface area contributed by atoms with Crippen molar-refractivity contribution in [1.29, 1.82) is 0 Å². The highest BCUT2D eigenvalue weighted by Crippen LogP contribution is 2.33. The van der Waals surface area contributed by atoms with Crippen LogP contribution in [0.25, 0.3) is 21.5 Å². The molecule has 4 N–H and O–H groups in total. The van der Waals surface area contributed by atoms with Gasteiger partial charge >= 0.3 is 32.2 Å². The maximum absolute atomic E-state index is 13.0. The third kappa shape index (κ3) is 7.87. The van der Waals surface area contributed by atoms with E-state index in [1.807, 2.05) is 50.1 Å². The van der Waals surface area contributed by atoms with Crippen molar-refractivity contribution >= 4 is 86.7 Å². The van der Waals surface area contributed by atoms with Gasteiger partial charge in [0.15, 0.2) is 0 Å². The van der Waals surface area contributed by atoms with Crippen LogP contribution in [0.3, 0.4) is 0 Å². The number of benzene rings is 4. The summed E-state index contributed by atoms with van der Waals surface area (Å²) in [6.07, 6.45) is 0. The summed E-state index contributed by atoms with van der Waals surface area (Å²) in [5, 5.41) is 2.11. The Hall–Kier alpha value is -3.54. The SMILES string of the molecule is CN(C)c1cccc2c(S(=O)(=O)OC(=O)[C@@H](N)CSSC[C@H](N)C(=O)OS(=O)(=O)c3cccc4c(N(C)C)cccc34)cccc12. The predicted octanol–water partition coefficient (Wildman–Crippen LogP) is 3.33. The molecule has 4 rings (SSSR count). The molecule has 0 saturated carbocycles. The molecule has 16 heteroatoms. The molecule has 0 saturated heterocycles. The molecule has 0 aromatic heterocycles. The van der Waals surface area contributed by atoms with Gasteiger partial charge in [0, 0.05) is 72.6 Å². The first-order valence-corrected chi connectivity index (χ1v) is 19.0. The number of carbonyl (C=O) groups excluding carboxylic acids is 2. The van der Waals surface area contributed by atoms with Crippen LogP contribution in [0, 0.1) is 0 Å². The number of nitrogens with two attached hydrogens (primary N) is 2. The van der Waals surface area contributed by atoms with E-state index in [1.54, 1.807) is 48.5 Å². The fourth-order valence-corrected chi connectivity index (χ4v) is 9.01. The van der Waals surface area contributed by atoms with Gasteiger partial charge < -0.3 is 29.6 Å². The highest BCUT2D eigenvalue weighted by Gasteiger charge is 2.29. The molecule has 0 radical (unpaired) electrons. The van der Waals surface area contributed by atoms with E-state index in [0.717, 1.165) is 33.0 Å². The van der Waals surface area contributed by atoms with Crippen molar-refractivity contribution in [2.45, 2.75) is 21.9 Å². The summed E-state index contributed by atoms with van der Waals surface area (Å²) < 4.78 is 61.8. The zero-order chi connectivity index (χ0) is 33.8. The van der Waals surface area contributed by atoms with Crippen molar-refractivity contribution in [2.75, 3.05) is 49.5 Å². The molecule has 0 aliphatic carbocycles. The first kappa shape index (κ1) is 35.3. The summed E-state index contributed by atoms with van der Waals surface area (Å²) in [4.78, 5) is 28.5. The summed E-state index contributed by atoms with van der Waals surface area (Å²) in [6.45, 7) is 0. The fourth-order valence-electron chi connectivity index (χ4n) is 4.55. The molecule has 0 fully saturated rings. The monoisotopic (exact) mass is 706 g/mol. The summed E-state index contributed by atoms with van der Waals surface area (Å²) in [6, 6.07) is 17.1. The Balaban J connectivity index is 1.32. The van der Waals surface area contributed by atoms with Crippen molar-refractivity contribution in [2.24, 2.45) is 11.5 Å². The molecule has 4 aromatic rings. The van der Waals surface area contributed by atoms with Crippen LogP contribution in [0.15, 0.2) is 82.6 Å². The molecule has 12 nitrogen and oxygen atoms in total. The number of carbonyl (C=O) groups is 2. The summed E-state index contributed by atoms with van der Waals surface area (Å²) >= 11 is 0. The van der Waals surface area contributed by atoms with Crippen LogP contribution in [-0.2, 0) is 38.2 Å². The van der Waals surface area contributed by atoms with Crippen LogP contribution in [0.4, 0.5) is 11.4 Å². The number of nitrogens with zero attached hydrogens (tertiary/aromatic N) is 2. The minimum absolute atomic E-state index is 0.0797. The van der Waals surface area contributed by atoms with Crippen LogP contribution >= 0.6 is 21.6 Å². The van der Waals surface area contributed by atoms with E-state index in [1.165, 1.54) is 12.1 Å². The molecular weight excluding hydrogens is 673 g/mol. The molecule has 46 heavy (non-hydrogen) atoms. The van der Waals surface area contributed by atoms with Crippen molar-refractivity contribution in [1.82, 2.24) is 0 Å². The lowest BCUT2D eigenvalue weighted by molar-refractivity contribution is -0.135. The average molecular weight is 707 g/mol. The first-order valence-electron chi connectivity index (χ1n) is 13.7. The van der Waals surface area contributed by atoms with E-state index >= 15 is 0 Å². The molecule has 0 aliphatic heterocycles. The highest BCUT2D eigenvalue weighted by molar-refractivity contribution is 8.76. The van der Waals surface area contributed by atoms with Gasteiger partial charge in [-0.05, 0) is 24.3 Å². The summed E-state index contributed by atoms with van der Waals surface area (Å²) in [5.41, 5.74) is 13.4. The van der Waals surface area contributed by atoms with E-state index in [0.29, 0.717) is 21.5 Å². The predicted molar refractivity (Wildman–Crippen MR) is 184 cm³/mol. The van der Waals surface area contributed by atoms with E-state index in [4.69, 9.17) is 19.8 Å². The zero-order valence-corrected chi connectivity index (χ0v) is 28.7. The average Bonchev–Trinajstić information content (AvgIpc) is 3.00. The lowest BCUT2D eigenvalue weighted by atomic mass is 10.1. The first-order chi connectivity index (χ1) is 21.6. The fraction of sp³-hybridized carbons (Fsp3) is 0.267. The number of anilines is 2.